The fraction of sp³-hybridized carbons (Fsp3) is 0.125. The van der Waals surface area contributed by atoms with E-state index < -0.39 is 10.0 Å². The third-order valence-corrected chi connectivity index (χ3v) is 7.16. The topological polar surface area (TPSA) is 68.3 Å². The van der Waals surface area contributed by atoms with E-state index in [1.165, 1.54) is 7.11 Å². The lowest BCUT2D eigenvalue weighted by Crippen LogP contribution is -2.23. The highest BCUT2D eigenvalue weighted by Gasteiger charge is 2.19. The molecule has 0 radical (unpaired) electrons. The quantitative estimate of drug-likeness (QED) is 0.416. The first-order valence-electron chi connectivity index (χ1n) is 9.71. The molecule has 0 amide bonds. The Bertz CT molecular complexity index is 1280. The number of sulfonamides is 1. The highest BCUT2D eigenvalue weighted by molar-refractivity contribution is 7.89. The van der Waals surface area contributed by atoms with Gasteiger partial charge >= 0.3 is 0 Å². The standard InChI is InChI=1S/C24H22N2O3S2/c1-17-8-13-22(29-2)23(14-17)31(27,28)25-15-18-9-11-20(12-10-18)24-26-21(16-30-24)19-6-4-3-5-7-19/h3-14,16,25H,15H2,1-2H3. The minimum Gasteiger partial charge on any atom is -0.495 e. The third-order valence-electron chi connectivity index (χ3n) is 4.85. The molecule has 7 heteroatoms. The van der Waals surface area contributed by atoms with Crippen LogP contribution in [0.1, 0.15) is 11.1 Å². The number of aryl methyl sites for hydroxylation is 1. The lowest BCUT2D eigenvalue weighted by molar-refractivity contribution is 0.402. The number of rotatable bonds is 7. The van der Waals surface area contributed by atoms with Crippen molar-refractivity contribution in [2.75, 3.05) is 7.11 Å². The zero-order valence-electron chi connectivity index (χ0n) is 17.2. The van der Waals surface area contributed by atoms with Crippen molar-refractivity contribution in [2.45, 2.75) is 18.4 Å². The Hall–Kier alpha value is -3.00. The van der Waals surface area contributed by atoms with E-state index in [0.29, 0.717) is 5.75 Å². The highest BCUT2D eigenvalue weighted by atomic mass is 32.2. The van der Waals surface area contributed by atoms with Gasteiger partial charge in [-0.25, -0.2) is 18.1 Å². The molecule has 0 unspecified atom stereocenters. The molecule has 0 bridgehead atoms. The predicted octanol–water partition coefficient (Wildman–Crippen LogP) is 5.27. The summed E-state index contributed by atoms with van der Waals surface area (Å²) in [5.41, 5.74) is 4.74. The van der Waals surface area contributed by atoms with E-state index >= 15 is 0 Å². The normalized spacial score (nSPS) is 11.4. The second-order valence-corrected chi connectivity index (χ2v) is 9.67. The Morgan fingerprint density at radius 2 is 1.71 bits per heavy atom. The Morgan fingerprint density at radius 3 is 2.42 bits per heavy atom. The van der Waals surface area contributed by atoms with Gasteiger partial charge in [-0.1, -0.05) is 60.7 Å². The summed E-state index contributed by atoms with van der Waals surface area (Å²) in [5.74, 6) is 0.325. The average molecular weight is 451 g/mol. The van der Waals surface area contributed by atoms with E-state index in [1.54, 1.807) is 23.5 Å². The monoisotopic (exact) mass is 450 g/mol. The van der Waals surface area contributed by atoms with Gasteiger partial charge in [-0.15, -0.1) is 11.3 Å². The molecule has 0 saturated carbocycles. The fourth-order valence-electron chi connectivity index (χ4n) is 3.16. The molecule has 0 aliphatic heterocycles. The van der Waals surface area contributed by atoms with Crippen molar-refractivity contribution < 1.29 is 13.2 Å². The van der Waals surface area contributed by atoms with Gasteiger partial charge in [0.2, 0.25) is 10.0 Å². The Balaban J connectivity index is 1.47. The predicted molar refractivity (Wildman–Crippen MR) is 125 cm³/mol. The molecular weight excluding hydrogens is 428 g/mol. The lowest BCUT2D eigenvalue weighted by Gasteiger charge is -2.11. The van der Waals surface area contributed by atoms with Crippen LogP contribution in [-0.2, 0) is 16.6 Å². The maximum atomic E-state index is 12.8. The summed E-state index contributed by atoms with van der Waals surface area (Å²) in [6.07, 6.45) is 0. The van der Waals surface area contributed by atoms with Crippen LogP contribution >= 0.6 is 11.3 Å². The number of hydrogen-bond donors (Lipinski definition) is 1. The highest BCUT2D eigenvalue weighted by Crippen LogP contribution is 2.29. The fourth-order valence-corrected chi connectivity index (χ4v) is 5.27. The Labute approximate surface area is 186 Å². The van der Waals surface area contributed by atoms with Crippen LogP contribution in [-0.4, -0.2) is 20.5 Å². The van der Waals surface area contributed by atoms with Gasteiger partial charge in [-0.3, -0.25) is 0 Å². The zero-order chi connectivity index (χ0) is 21.8. The number of aromatic nitrogens is 1. The van der Waals surface area contributed by atoms with E-state index in [-0.39, 0.29) is 11.4 Å². The molecule has 0 saturated heterocycles. The largest absolute Gasteiger partial charge is 0.495 e. The molecule has 4 aromatic rings. The first-order valence-corrected chi connectivity index (χ1v) is 12.1. The van der Waals surface area contributed by atoms with Crippen molar-refractivity contribution in [2.24, 2.45) is 0 Å². The first-order chi connectivity index (χ1) is 15.0. The van der Waals surface area contributed by atoms with Gasteiger partial charge in [0.1, 0.15) is 15.7 Å². The van der Waals surface area contributed by atoms with Crippen LogP contribution in [0.4, 0.5) is 0 Å². The maximum Gasteiger partial charge on any atom is 0.244 e. The number of hydrogen-bond acceptors (Lipinski definition) is 5. The van der Waals surface area contributed by atoms with Crippen LogP contribution in [0.3, 0.4) is 0 Å². The second kappa shape index (κ2) is 9.01. The van der Waals surface area contributed by atoms with Gasteiger partial charge in [0.15, 0.2) is 0 Å². The molecule has 5 nitrogen and oxygen atoms in total. The molecule has 0 aliphatic carbocycles. The summed E-state index contributed by atoms with van der Waals surface area (Å²) in [5, 5.41) is 2.97. The van der Waals surface area contributed by atoms with E-state index in [0.717, 1.165) is 33.0 Å². The van der Waals surface area contributed by atoms with Crippen LogP contribution in [0, 0.1) is 6.92 Å². The second-order valence-electron chi connectivity index (χ2n) is 7.08. The van der Waals surface area contributed by atoms with E-state index in [4.69, 9.17) is 9.72 Å². The summed E-state index contributed by atoms with van der Waals surface area (Å²) >= 11 is 1.59. The summed E-state index contributed by atoms with van der Waals surface area (Å²) in [7, 11) is -2.24. The molecule has 0 fully saturated rings. The van der Waals surface area contributed by atoms with Crippen LogP contribution < -0.4 is 9.46 Å². The molecular formula is C24H22N2O3S2. The molecule has 1 heterocycles. The van der Waals surface area contributed by atoms with Gasteiger partial charge in [0.25, 0.3) is 0 Å². The number of benzene rings is 3. The number of methoxy groups -OCH3 is 1. The van der Waals surface area contributed by atoms with Crippen molar-refractivity contribution in [3.05, 3.63) is 89.3 Å². The molecule has 3 aromatic carbocycles. The number of ether oxygens (including phenoxy) is 1. The number of thiazole rings is 1. The molecule has 1 N–H and O–H groups in total. The van der Waals surface area contributed by atoms with Crippen molar-refractivity contribution in [3.63, 3.8) is 0 Å². The molecule has 0 atom stereocenters. The van der Waals surface area contributed by atoms with Crippen molar-refractivity contribution >= 4 is 21.4 Å². The van der Waals surface area contributed by atoms with Gasteiger partial charge in [-0.05, 0) is 30.2 Å². The van der Waals surface area contributed by atoms with Gasteiger partial charge in [0.05, 0.1) is 12.8 Å². The maximum absolute atomic E-state index is 12.8. The zero-order valence-corrected chi connectivity index (χ0v) is 18.8. The minimum absolute atomic E-state index is 0.142. The molecule has 158 valence electrons. The number of nitrogens with zero attached hydrogens (tertiary/aromatic N) is 1. The lowest BCUT2D eigenvalue weighted by atomic mass is 10.1. The summed E-state index contributed by atoms with van der Waals surface area (Å²) < 4.78 is 33.4. The Kier molecular flexibility index (Phi) is 6.18. The summed E-state index contributed by atoms with van der Waals surface area (Å²) in [6.45, 7) is 2.03. The van der Waals surface area contributed by atoms with Gasteiger partial charge in [0, 0.05) is 23.1 Å². The van der Waals surface area contributed by atoms with Crippen LogP contribution in [0.5, 0.6) is 5.75 Å². The van der Waals surface area contributed by atoms with Gasteiger partial charge in [-0.2, -0.15) is 0 Å². The summed E-state index contributed by atoms with van der Waals surface area (Å²) in [6, 6.07) is 22.9. The van der Waals surface area contributed by atoms with Gasteiger partial charge < -0.3 is 4.74 Å². The molecule has 0 aliphatic rings. The minimum atomic E-state index is -3.70. The molecule has 1 aromatic heterocycles. The molecule has 0 spiro atoms. The van der Waals surface area contributed by atoms with Crippen molar-refractivity contribution in [1.29, 1.82) is 0 Å². The smallest absolute Gasteiger partial charge is 0.244 e. The average Bonchev–Trinajstić information content (AvgIpc) is 3.29. The van der Waals surface area contributed by atoms with Crippen LogP contribution in [0.2, 0.25) is 0 Å². The van der Waals surface area contributed by atoms with E-state index in [1.807, 2.05) is 73.0 Å². The summed E-state index contributed by atoms with van der Waals surface area (Å²) in [4.78, 5) is 4.87. The SMILES string of the molecule is COc1ccc(C)cc1S(=O)(=O)NCc1ccc(-c2nc(-c3ccccc3)cs2)cc1. The van der Waals surface area contributed by atoms with Crippen LogP contribution in [0.15, 0.2) is 83.1 Å². The van der Waals surface area contributed by atoms with Crippen LogP contribution in [0.25, 0.3) is 21.8 Å². The van der Waals surface area contributed by atoms with E-state index in [9.17, 15) is 8.42 Å². The van der Waals surface area contributed by atoms with Crippen molar-refractivity contribution in [1.82, 2.24) is 9.71 Å². The third kappa shape index (κ3) is 4.85. The number of nitrogens with one attached hydrogen (secondary N) is 1. The van der Waals surface area contributed by atoms with Crippen molar-refractivity contribution in [3.8, 4) is 27.6 Å². The Morgan fingerprint density at radius 1 is 0.968 bits per heavy atom. The van der Waals surface area contributed by atoms with E-state index in [2.05, 4.69) is 4.72 Å². The molecule has 31 heavy (non-hydrogen) atoms. The first kappa shape index (κ1) is 21.2. The molecule has 4 rings (SSSR count).